The van der Waals surface area contributed by atoms with Crippen molar-refractivity contribution in [2.24, 2.45) is 5.92 Å². The smallest absolute Gasteiger partial charge is 0.328 e. The zero-order valence-electron chi connectivity index (χ0n) is 12.9. The van der Waals surface area contributed by atoms with Crippen LogP contribution in [0.4, 0.5) is 0 Å². The summed E-state index contributed by atoms with van der Waals surface area (Å²) in [7, 11) is 1.29. The molecule has 0 saturated carbocycles. The molecule has 0 aliphatic carbocycles. The van der Waals surface area contributed by atoms with Gasteiger partial charge in [0.15, 0.2) is 6.10 Å². The molecule has 22 heavy (non-hydrogen) atoms. The van der Waals surface area contributed by atoms with Crippen LogP contribution in [0.2, 0.25) is 5.02 Å². The van der Waals surface area contributed by atoms with E-state index < -0.39 is 24.0 Å². The molecule has 0 heterocycles. The molecular formula is C15H19BrClNO4. The summed E-state index contributed by atoms with van der Waals surface area (Å²) in [4.78, 5) is 23.8. The number of carbonyl (C=O) groups is 2. The molecule has 2 atom stereocenters. The van der Waals surface area contributed by atoms with Gasteiger partial charge in [0, 0.05) is 5.02 Å². The highest BCUT2D eigenvalue weighted by Crippen LogP contribution is 2.28. The minimum atomic E-state index is -0.775. The van der Waals surface area contributed by atoms with Crippen molar-refractivity contribution < 1.29 is 19.1 Å². The van der Waals surface area contributed by atoms with Gasteiger partial charge in [0.05, 0.1) is 11.6 Å². The van der Waals surface area contributed by atoms with Gasteiger partial charge in [-0.15, -0.1) is 0 Å². The first-order valence-corrected chi connectivity index (χ1v) is 7.93. The second-order valence-electron chi connectivity index (χ2n) is 5.09. The van der Waals surface area contributed by atoms with E-state index in [0.29, 0.717) is 15.2 Å². The molecule has 5 nitrogen and oxygen atoms in total. The van der Waals surface area contributed by atoms with E-state index in [0.717, 1.165) is 0 Å². The van der Waals surface area contributed by atoms with Crippen molar-refractivity contribution in [3.63, 3.8) is 0 Å². The van der Waals surface area contributed by atoms with Crippen LogP contribution in [0.5, 0.6) is 5.75 Å². The SMILES string of the molecule is COC(=O)C(NC(=O)C(C)Oc1ccc(Cl)cc1Br)C(C)C. The monoisotopic (exact) mass is 391 g/mol. The van der Waals surface area contributed by atoms with Crippen molar-refractivity contribution in [3.8, 4) is 5.75 Å². The van der Waals surface area contributed by atoms with Gasteiger partial charge in [-0.2, -0.15) is 0 Å². The van der Waals surface area contributed by atoms with Gasteiger partial charge in [-0.25, -0.2) is 4.79 Å². The maximum atomic E-state index is 12.2. The van der Waals surface area contributed by atoms with Crippen LogP contribution < -0.4 is 10.1 Å². The first kappa shape index (κ1) is 18.8. The van der Waals surface area contributed by atoms with E-state index in [-0.39, 0.29) is 5.92 Å². The van der Waals surface area contributed by atoms with Crippen molar-refractivity contribution in [2.75, 3.05) is 7.11 Å². The van der Waals surface area contributed by atoms with Crippen molar-refractivity contribution in [3.05, 3.63) is 27.7 Å². The van der Waals surface area contributed by atoms with Gasteiger partial charge in [-0.1, -0.05) is 25.4 Å². The van der Waals surface area contributed by atoms with E-state index in [1.165, 1.54) is 7.11 Å². The van der Waals surface area contributed by atoms with E-state index >= 15 is 0 Å². The fraction of sp³-hybridized carbons (Fsp3) is 0.467. The van der Waals surface area contributed by atoms with Crippen LogP contribution >= 0.6 is 27.5 Å². The average Bonchev–Trinajstić information content (AvgIpc) is 2.46. The Morgan fingerprint density at radius 3 is 2.41 bits per heavy atom. The summed E-state index contributed by atoms with van der Waals surface area (Å²) in [5.74, 6) is -0.480. The number of ether oxygens (including phenoxy) is 2. The molecule has 0 aliphatic heterocycles. The standard InChI is InChI=1S/C15H19BrClNO4/c1-8(2)13(15(20)21-4)18-14(19)9(3)22-12-6-5-10(17)7-11(12)16/h5-9,13H,1-4H3,(H,18,19). The number of amides is 1. The van der Waals surface area contributed by atoms with Crippen molar-refractivity contribution in [2.45, 2.75) is 32.9 Å². The van der Waals surface area contributed by atoms with Crippen molar-refractivity contribution in [1.29, 1.82) is 0 Å². The minimum absolute atomic E-state index is 0.0918. The predicted octanol–water partition coefficient (Wildman–Crippen LogP) is 3.18. The summed E-state index contributed by atoms with van der Waals surface area (Å²) in [6.45, 7) is 5.25. The maximum Gasteiger partial charge on any atom is 0.328 e. The van der Waals surface area contributed by atoms with Crippen LogP contribution in [0.25, 0.3) is 0 Å². The van der Waals surface area contributed by atoms with Gasteiger partial charge in [0.1, 0.15) is 11.8 Å². The highest BCUT2D eigenvalue weighted by atomic mass is 79.9. The van der Waals surface area contributed by atoms with Crippen LogP contribution in [0.15, 0.2) is 22.7 Å². The molecular weight excluding hydrogens is 374 g/mol. The van der Waals surface area contributed by atoms with Gasteiger partial charge in [0.25, 0.3) is 5.91 Å². The van der Waals surface area contributed by atoms with Crippen LogP contribution in [-0.4, -0.2) is 31.1 Å². The van der Waals surface area contributed by atoms with E-state index in [1.807, 2.05) is 13.8 Å². The Kier molecular flexibility index (Phi) is 7.16. The fourth-order valence-corrected chi connectivity index (χ4v) is 2.49. The summed E-state index contributed by atoms with van der Waals surface area (Å²) in [6.07, 6.45) is -0.775. The molecule has 0 aliphatic rings. The lowest BCUT2D eigenvalue weighted by Crippen LogP contribution is -2.49. The Morgan fingerprint density at radius 1 is 1.27 bits per heavy atom. The van der Waals surface area contributed by atoms with E-state index in [2.05, 4.69) is 26.0 Å². The van der Waals surface area contributed by atoms with Crippen LogP contribution in [0.1, 0.15) is 20.8 Å². The van der Waals surface area contributed by atoms with Gasteiger partial charge in [-0.3, -0.25) is 4.79 Å². The number of carbonyl (C=O) groups excluding carboxylic acids is 2. The molecule has 0 saturated heterocycles. The molecule has 7 heteroatoms. The van der Waals surface area contributed by atoms with Gasteiger partial charge in [-0.05, 0) is 47.0 Å². The van der Waals surface area contributed by atoms with Crippen molar-refractivity contribution >= 4 is 39.4 Å². The Morgan fingerprint density at radius 2 is 1.91 bits per heavy atom. The molecule has 0 bridgehead atoms. The number of halogens is 2. The van der Waals surface area contributed by atoms with Crippen LogP contribution in [-0.2, 0) is 14.3 Å². The zero-order chi connectivity index (χ0) is 16.9. The second kappa shape index (κ2) is 8.39. The van der Waals surface area contributed by atoms with E-state index in [9.17, 15) is 9.59 Å². The number of hydrogen-bond donors (Lipinski definition) is 1. The van der Waals surface area contributed by atoms with Gasteiger partial charge >= 0.3 is 5.97 Å². The fourth-order valence-electron chi connectivity index (χ4n) is 1.71. The Balaban J connectivity index is 2.73. The molecule has 1 aromatic rings. The van der Waals surface area contributed by atoms with Gasteiger partial charge in [0.2, 0.25) is 0 Å². The highest BCUT2D eigenvalue weighted by molar-refractivity contribution is 9.10. The summed E-state index contributed by atoms with van der Waals surface area (Å²) in [5.41, 5.74) is 0. The van der Waals surface area contributed by atoms with Crippen LogP contribution in [0, 0.1) is 5.92 Å². The molecule has 1 aromatic carbocycles. The largest absolute Gasteiger partial charge is 0.480 e. The summed E-state index contributed by atoms with van der Waals surface area (Å²) in [5, 5.41) is 3.20. The lowest BCUT2D eigenvalue weighted by atomic mass is 10.0. The normalized spacial score (nSPS) is 13.4. The lowest BCUT2D eigenvalue weighted by molar-refractivity contribution is -0.147. The second-order valence-corrected chi connectivity index (χ2v) is 6.38. The average molecular weight is 393 g/mol. The highest BCUT2D eigenvalue weighted by Gasteiger charge is 2.27. The van der Waals surface area contributed by atoms with Crippen molar-refractivity contribution in [1.82, 2.24) is 5.32 Å². The number of benzene rings is 1. The maximum absolute atomic E-state index is 12.2. The molecule has 0 radical (unpaired) electrons. The third-order valence-corrected chi connectivity index (χ3v) is 3.84. The lowest BCUT2D eigenvalue weighted by Gasteiger charge is -2.22. The van der Waals surface area contributed by atoms with Crippen LogP contribution in [0.3, 0.4) is 0 Å². The number of hydrogen-bond acceptors (Lipinski definition) is 4. The Labute approximate surface area is 143 Å². The summed E-state index contributed by atoms with van der Waals surface area (Å²) in [6, 6.07) is 4.29. The number of methoxy groups -OCH3 is 1. The first-order chi connectivity index (χ1) is 10.3. The molecule has 0 fully saturated rings. The topological polar surface area (TPSA) is 64.6 Å². The molecule has 1 rings (SSSR count). The first-order valence-electron chi connectivity index (χ1n) is 6.76. The third kappa shape index (κ3) is 5.18. The third-order valence-electron chi connectivity index (χ3n) is 2.99. The quantitative estimate of drug-likeness (QED) is 0.755. The summed E-state index contributed by atoms with van der Waals surface area (Å²) >= 11 is 9.17. The van der Waals surface area contributed by atoms with E-state index in [1.54, 1.807) is 25.1 Å². The molecule has 0 spiro atoms. The van der Waals surface area contributed by atoms with E-state index in [4.69, 9.17) is 16.3 Å². The molecule has 2 unspecified atom stereocenters. The zero-order valence-corrected chi connectivity index (χ0v) is 15.2. The summed E-state index contributed by atoms with van der Waals surface area (Å²) < 4.78 is 10.9. The molecule has 1 N–H and O–H groups in total. The predicted molar refractivity (Wildman–Crippen MR) is 88.0 cm³/mol. The Bertz CT molecular complexity index is 550. The minimum Gasteiger partial charge on any atom is -0.480 e. The molecule has 122 valence electrons. The molecule has 0 aromatic heterocycles. The number of nitrogens with one attached hydrogen (secondary N) is 1. The molecule has 1 amide bonds. The van der Waals surface area contributed by atoms with Gasteiger partial charge < -0.3 is 14.8 Å². The number of esters is 1. The number of rotatable bonds is 6. The Hall–Kier alpha value is -1.27.